The summed E-state index contributed by atoms with van der Waals surface area (Å²) in [5.74, 6) is 0.323. The Morgan fingerprint density at radius 2 is 1.71 bits per heavy atom. The summed E-state index contributed by atoms with van der Waals surface area (Å²) in [5, 5.41) is 10.7. The van der Waals surface area contributed by atoms with Crippen molar-refractivity contribution in [3.63, 3.8) is 0 Å². The largest absolute Gasteiger partial charge is 0.508 e. The van der Waals surface area contributed by atoms with Gasteiger partial charge in [0.1, 0.15) is 5.75 Å². The molecule has 0 saturated carbocycles. The van der Waals surface area contributed by atoms with Crippen LogP contribution in [0.25, 0.3) is 0 Å². The summed E-state index contributed by atoms with van der Waals surface area (Å²) in [4.78, 5) is 0. The number of phenolic OH excluding ortho intramolecular Hbond substituents is 1. The molecule has 1 aromatic rings. The Hall–Kier alpha value is -1.28. The molecule has 1 nitrogen and oxygen atoms in total. The van der Waals surface area contributed by atoms with Crippen LogP contribution in [0.3, 0.4) is 0 Å². The molecule has 14 heavy (non-hydrogen) atoms. The van der Waals surface area contributed by atoms with Gasteiger partial charge in [0.05, 0.1) is 10.2 Å². The van der Waals surface area contributed by atoms with Crippen LogP contribution in [0, 0.1) is 0 Å². The van der Waals surface area contributed by atoms with E-state index in [1.807, 2.05) is 12.1 Å². The van der Waals surface area contributed by atoms with Crippen LogP contribution in [0.4, 0.5) is 0 Å². The highest BCUT2D eigenvalue weighted by molar-refractivity contribution is 6.33. The number of aromatic hydroxyl groups is 1. The third-order valence-corrected chi connectivity index (χ3v) is 2.57. The van der Waals surface area contributed by atoms with E-state index in [0.717, 1.165) is 22.7 Å². The third-order valence-electron chi connectivity index (χ3n) is 2.10. The molecule has 0 amide bonds. The molecule has 0 heterocycles. The summed E-state index contributed by atoms with van der Waals surface area (Å²) in [7, 11) is 3.51. The summed E-state index contributed by atoms with van der Waals surface area (Å²) in [5.41, 5.74) is 2.00. The summed E-state index contributed by atoms with van der Waals surface area (Å²) in [6, 6.07) is 3.53. The van der Waals surface area contributed by atoms with Crippen molar-refractivity contribution in [3.05, 3.63) is 48.6 Å². The van der Waals surface area contributed by atoms with Crippen molar-refractivity contribution in [2.45, 2.75) is 12.8 Å². The van der Waals surface area contributed by atoms with Crippen LogP contribution < -0.4 is 5.19 Å². The Morgan fingerprint density at radius 1 is 1.14 bits per heavy atom. The highest BCUT2D eigenvalue weighted by Crippen LogP contribution is 2.20. The Balaban J connectivity index is 3.24. The van der Waals surface area contributed by atoms with Gasteiger partial charge >= 0.3 is 0 Å². The molecule has 2 heteroatoms. The molecular formula is C12H13OSi. The Labute approximate surface area is 88.2 Å². The van der Waals surface area contributed by atoms with Crippen molar-refractivity contribution in [2.24, 2.45) is 0 Å². The smallest absolute Gasteiger partial charge is 0.119 e. The fourth-order valence-corrected chi connectivity index (χ4v) is 1.77. The summed E-state index contributed by atoms with van der Waals surface area (Å²) in [6.07, 6.45) is 5.03. The van der Waals surface area contributed by atoms with Crippen molar-refractivity contribution in [3.8, 4) is 5.75 Å². The maximum Gasteiger partial charge on any atom is 0.119 e. The molecule has 0 atom stereocenters. The predicted molar refractivity (Wildman–Crippen MR) is 61.3 cm³/mol. The van der Waals surface area contributed by atoms with Crippen LogP contribution in [0.2, 0.25) is 0 Å². The van der Waals surface area contributed by atoms with Gasteiger partial charge in [0, 0.05) is 5.56 Å². The van der Waals surface area contributed by atoms with Crippen LogP contribution >= 0.6 is 0 Å². The van der Waals surface area contributed by atoms with Gasteiger partial charge in [-0.15, -0.1) is 13.2 Å². The van der Waals surface area contributed by atoms with E-state index in [0.29, 0.717) is 12.2 Å². The molecule has 1 rings (SSSR count). The number of hydrogen-bond donors (Lipinski definition) is 1. The lowest BCUT2D eigenvalue weighted by atomic mass is 10.0. The molecule has 0 bridgehead atoms. The molecule has 1 N–H and O–H groups in total. The quantitative estimate of drug-likeness (QED) is 0.580. The maximum atomic E-state index is 9.67. The van der Waals surface area contributed by atoms with Gasteiger partial charge in [0.15, 0.2) is 0 Å². The first-order valence-electron chi connectivity index (χ1n) is 4.47. The van der Waals surface area contributed by atoms with Gasteiger partial charge in [-0.25, -0.2) is 0 Å². The fourth-order valence-electron chi connectivity index (χ4n) is 1.43. The fraction of sp³-hybridized carbons (Fsp3) is 0.167. The Bertz CT molecular complexity index is 321. The molecule has 0 spiro atoms. The third kappa shape index (κ3) is 2.15. The first kappa shape index (κ1) is 10.8. The zero-order valence-corrected chi connectivity index (χ0v) is 9.09. The summed E-state index contributed by atoms with van der Waals surface area (Å²) >= 11 is 0. The van der Waals surface area contributed by atoms with E-state index in [9.17, 15) is 5.11 Å². The molecule has 0 aliphatic carbocycles. The standard InChI is InChI=1S/C12H13OSi/c1-3-5-9-10(6-4-2)12(14)8-7-11(9)13/h3-4,7-8,13H,1-2,5-6H2. The average molecular weight is 201 g/mol. The maximum absolute atomic E-state index is 9.67. The second-order valence-corrected chi connectivity index (χ2v) is 3.61. The average Bonchev–Trinajstić information content (AvgIpc) is 2.17. The highest BCUT2D eigenvalue weighted by atomic mass is 28.1. The lowest BCUT2D eigenvalue weighted by molar-refractivity contribution is 0.469. The molecular weight excluding hydrogens is 188 g/mol. The predicted octanol–water partition coefficient (Wildman–Crippen LogP) is 1.64. The van der Waals surface area contributed by atoms with Crippen molar-refractivity contribution in [1.82, 2.24) is 0 Å². The molecule has 0 fully saturated rings. The molecule has 0 saturated heterocycles. The van der Waals surface area contributed by atoms with E-state index in [2.05, 4.69) is 23.4 Å². The monoisotopic (exact) mass is 201 g/mol. The molecule has 0 aromatic heterocycles. The highest BCUT2D eigenvalue weighted by Gasteiger charge is 2.07. The van der Waals surface area contributed by atoms with E-state index in [-0.39, 0.29) is 0 Å². The zero-order chi connectivity index (χ0) is 10.6. The van der Waals surface area contributed by atoms with Gasteiger partial charge in [-0.05, 0) is 24.5 Å². The molecule has 71 valence electrons. The minimum atomic E-state index is 0.323. The Morgan fingerprint density at radius 3 is 2.29 bits per heavy atom. The number of phenols is 1. The molecule has 0 aliphatic rings. The van der Waals surface area contributed by atoms with Gasteiger partial charge in [-0.3, -0.25) is 0 Å². The van der Waals surface area contributed by atoms with Crippen LogP contribution in [-0.2, 0) is 12.8 Å². The zero-order valence-electron chi connectivity index (χ0n) is 8.09. The topological polar surface area (TPSA) is 20.2 Å². The molecule has 1 aromatic carbocycles. The van der Waals surface area contributed by atoms with Crippen LogP contribution in [-0.4, -0.2) is 15.3 Å². The van der Waals surface area contributed by atoms with Crippen molar-refractivity contribution < 1.29 is 5.11 Å². The first-order chi connectivity index (χ1) is 6.70. The van der Waals surface area contributed by atoms with E-state index in [4.69, 9.17) is 0 Å². The van der Waals surface area contributed by atoms with Crippen LogP contribution in [0.5, 0.6) is 5.75 Å². The molecule has 0 aliphatic heterocycles. The lowest BCUT2D eigenvalue weighted by Gasteiger charge is -2.11. The van der Waals surface area contributed by atoms with Gasteiger partial charge in [-0.1, -0.05) is 23.4 Å². The normalized spacial score (nSPS) is 9.79. The number of allylic oxidation sites excluding steroid dienone is 2. The number of rotatable bonds is 4. The summed E-state index contributed by atoms with van der Waals surface area (Å²) < 4.78 is 0. The minimum Gasteiger partial charge on any atom is -0.508 e. The summed E-state index contributed by atoms with van der Waals surface area (Å²) in [6.45, 7) is 7.37. The van der Waals surface area contributed by atoms with Gasteiger partial charge < -0.3 is 5.11 Å². The van der Waals surface area contributed by atoms with Crippen molar-refractivity contribution in [2.75, 3.05) is 0 Å². The molecule has 3 radical (unpaired) electrons. The van der Waals surface area contributed by atoms with E-state index in [1.165, 1.54) is 0 Å². The minimum absolute atomic E-state index is 0.323. The van der Waals surface area contributed by atoms with Crippen molar-refractivity contribution in [1.29, 1.82) is 0 Å². The van der Waals surface area contributed by atoms with Crippen molar-refractivity contribution >= 4 is 15.4 Å². The van der Waals surface area contributed by atoms with Gasteiger partial charge in [0.25, 0.3) is 0 Å². The van der Waals surface area contributed by atoms with E-state index < -0.39 is 0 Å². The van der Waals surface area contributed by atoms with Crippen LogP contribution in [0.15, 0.2) is 37.4 Å². The number of benzene rings is 1. The SMILES string of the molecule is C=CCc1c(O)ccc([Si])c1CC=C. The second-order valence-electron chi connectivity index (χ2n) is 3.07. The second kappa shape index (κ2) is 4.82. The molecule has 0 unspecified atom stereocenters. The van der Waals surface area contributed by atoms with E-state index in [1.54, 1.807) is 12.1 Å². The van der Waals surface area contributed by atoms with Gasteiger partial charge in [-0.2, -0.15) is 0 Å². The first-order valence-corrected chi connectivity index (χ1v) is 4.97. The Kier molecular flexibility index (Phi) is 3.71. The van der Waals surface area contributed by atoms with E-state index >= 15 is 0 Å². The van der Waals surface area contributed by atoms with Gasteiger partial charge in [0.2, 0.25) is 0 Å². The van der Waals surface area contributed by atoms with Crippen LogP contribution in [0.1, 0.15) is 11.1 Å². The lowest BCUT2D eigenvalue weighted by Crippen LogP contribution is -2.12. The number of hydrogen-bond acceptors (Lipinski definition) is 1.